The zero-order valence-corrected chi connectivity index (χ0v) is 13.8. The van der Waals surface area contributed by atoms with Gasteiger partial charge < -0.3 is 10.0 Å². The summed E-state index contributed by atoms with van der Waals surface area (Å²) in [5.74, 6) is -0.725. The van der Waals surface area contributed by atoms with Crippen molar-refractivity contribution in [2.75, 3.05) is 19.6 Å². The average Bonchev–Trinajstić information content (AvgIpc) is 2.68. The molecule has 5 heteroatoms. The van der Waals surface area contributed by atoms with Crippen molar-refractivity contribution in [2.24, 2.45) is 0 Å². The molecule has 4 nitrogen and oxygen atoms in total. The van der Waals surface area contributed by atoms with Crippen molar-refractivity contribution in [1.29, 1.82) is 0 Å². The van der Waals surface area contributed by atoms with Crippen molar-refractivity contribution >= 4 is 17.3 Å². The highest BCUT2D eigenvalue weighted by Gasteiger charge is 2.13. The summed E-state index contributed by atoms with van der Waals surface area (Å²) < 4.78 is 0. The van der Waals surface area contributed by atoms with Crippen molar-refractivity contribution in [3.8, 4) is 0 Å². The van der Waals surface area contributed by atoms with E-state index in [-0.39, 0.29) is 6.42 Å². The molecule has 1 aliphatic rings. The fourth-order valence-corrected chi connectivity index (χ4v) is 3.99. The van der Waals surface area contributed by atoms with E-state index in [9.17, 15) is 4.79 Å². The number of hydrogen-bond donors (Lipinski definition) is 1. The first kappa shape index (κ1) is 16.4. The van der Waals surface area contributed by atoms with Gasteiger partial charge in [-0.2, -0.15) is 0 Å². The Balaban J connectivity index is 1.88. The predicted molar refractivity (Wildman–Crippen MR) is 86.1 cm³/mol. The van der Waals surface area contributed by atoms with Crippen LogP contribution in [0.2, 0.25) is 0 Å². The van der Waals surface area contributed by atoms with Gasteiger partial charge in [-0.3, -0.25) is 4.79 Å². The maximum atomic E-state index is 10.7. The summed E-state index contributed by atoms with van der Waals surface area (Å²) in [6.45, 7) is 5.63. The SMILES string of the molecule is CCc1nc(CCN2CCCCCC2)sc1CCC(=O)O. The van der Waals surface area contributed by atoms with Crippen molar-refractivity contribution < 1.29 is 9.90 Å². The van der Waals surface area contributed by atoms with E-state index in [0.29, 0.717) is 6.42 Å². The normalized spacial score (nSPS) is 16.8. The van der Waals surface area contributed by atoms with E-state index in [1.807, 2.05) is 0 Å². The quantitative estimate of drug-likeness (QED) is 0.840. The summed E-state index contributed by atoms with van der Waals surface area (Å²) in [4.78, 5) is 19.2. The van der Waals surface area contributed by atoms with Crippen LogP contribution in [0.1, 0.15) is 54.6 Å². The number of rotatable bonds is 7. The second-order valence-electron chi connectivity index (χ2n) is 5.73. The minimum Gasteiger partial charge on any atom is -0.481 e. The fraction of sp³-hybridized carbons (Fsp3) is 0.750. The van der Waals surface area contributed by atoms with Crippen LogP contribution in [0.25, 0.3) is 0 Å². The topological polar surface area (TPSA) is 53.4 Å². The Labute approximate surface area is 131 Å². The van der Waals surface area contributed by atoms with Gasteiger partial charge in [-0.15, -0.1) is 11.3 Å². The van der Waals surface area contributed by atoms with Crippen molar-refractivity contribution in [2.45, 2.75) is 58.3 Å². The van der Waals surface area contributed by atoms with Crippen LogP contribution in [0, 0.1) is 0 Å². The molecule has 1 fully saturated rings. The van der Waals surface area contributed by atoms with E-state index >= 15 is 0 Å². The standard InChI is InChI=1S/C16H26N2O2S/c1-2-13-14(7-8-16(19)20)21-15(17-13)9-12-18-10-5-3-4-6-11-18/h2-12H2,1H3,(H,19,20). The molecule has 1 aromatic rings. The molecule has 0 aromatic carbocycles. The maximum absolute atomic E-state index is 10.7. The molecule has 0 amide bonds. The Morgan fingerprint density at radius 1 is 1.24 bits per heavy atom. The average molecular weight is 310 g/mol. The largest absolute Gasteiger partial charge is 0.481 e. The van der Waals surface area contributed by atoms with E-state index in [1.54, 1.807) is 11.3 Å². The minimum absolute atomic E-state index is 0.209. The predicted octanol–water partition coefficient (Wildman–Crippen LogP) is 3.14. The highest BCUT2D eigenvalue weighted by atomic mass is 32.1. The van der Waals surface area contributed by atoms with Crippen LogP contribution in [0.3, 0.4) is 0 Å². The van der Waals surface area contributed by atoms with Crippen molar-refractivity contribution in [3.05, 3.63) is 15.6 Å². The van der Waals surface area contributed by atoms with E-state index in [1.165, 1.54) is 48.7 Å². The van der Waals surface area contributed by atoms with E-state index in [4.69, 9.17) is 10.1 Å². The Morgan fingerprint density at radius 3 is 2.57 bits per heavy atom. The van der Waals surface area contributed by atoms with Crippen LogP contribution < -0.4 is 0 Å². The van der Waals surface area contributed by atoms with Crippen LogP contribution in [0.4, 0.5) is 0 Å². The number of aromatic nitrogens is 1. The molecule has 0 aliphatic carbocycles. The van der Waals surface area contributed by atoms with Crippen LogP contribution in [0.15, 0.2) is 0 Å². The third-order valence-electron chi connectivity index (χ3n) is 4.06. The molecular weight excluding hydrogens is 284 g/mol. The molecule has 1 aromatic heterocycles. The van der Waals surface area contributed by atoms with Gasteiger partial charge in [0.25, 0.3) is 0 Å². The summed E-state index contributed by atoms with van der Waals surface area (Å²) >= 11 is 1.72. The highest BCUT2D eigenvalue weighted by molar-refractivity contribution is 7.11. The highest BCUT2D eigenvalue weighted by Crippen LogP contribution is 2.22. The number of carboxylic acids is 1. The van der Waals surface area contributed by atoms with Gasteiger partial charge in [0.1, 0.15) is 0 Å². The van der Waals surface area contributed by atoms with Gasteiger partial charge in [-0.05, 0) is 38.8 Å². The number of aliphatic carboxylic acids is 1. The van der Waals surface area contributed by atoms with Gasteiger partial charge in [-0.1, -0.05) is 19.8 Å². The van der Waals surface area contributed by atoms with Gasteiger partial charge in [0, 0.05) is 17.8 Å². The zero-order valence-electron chi connectivity index (χ0n) is 12.9. The third kappa shape index (κ3) is 5.40. The molecule has 1 aliphatic heterocycles. The molecule has 1 N–H and O–H groups in total. The number of likely N-dealkylation sites (tertiary alicyclic amines) is 1. The monoisotopic (exact) mass is 310 g/mol. The summed E-state index contributed by atoms with van der Waals surface area (Å²) in [6, 6.07) is 0. The number of aryl methyl sites for hydroxylation is 2. The lowest BCUT2D eigenvalue weighted by Gasteiger charge is -2.18. The molecule has 0 bridgehead atoms. The van der Waals surface area contributed by atoms with Gasteiger partial charge >= 0.3 is 5.97 Å². The molecule has 0 spiro atoms. The number of hydrogen-bond acceptors (Lipinski definition) is 4. The molecule has 0 saturated carbocycles. The Kier molecular flexibility index (Phi) is 6.64. The van der Waals surface area contributed by atoms with Gasteiger partial charge in [0.15, 0.2) is 0 Å². The van der Waals surface area contributed by atoms with Gasteiger partial charge in [0.2, 0.25) is 0 Å². The van der Waals surface area contributed by atoms with Crippen LogP contribution in [-0.2, 0) is 24.1 Å². The summed E-state index contributed by atoms with van der Waals surface area (Å²) in [5, 5.41) is 10.0. The van der Waals surface area contributed by atoms with Crippen LogP contribution in [-0.4, -0.2) is 40.6 Å². The Hall–Kier alpha value is -0.940. The fourth-order valence-electron chi connectivity index (χ4n) is 2.85. The molecule has 0 unspecified atom stereocenters. The van der Waals surface area contributed by atoms with E-state index in [0.717, 1.165) is 25.1 Å². The first-order chi connectivity index (χ1) is 10.2. The second-order valence-corrected chi connectivity index (χ2v) is 6.90. The maximum Gasteiger partial charge on any atom is 0.303 e. The molecule has 2 rings (SSSR count). The molecule has 2 heterocycles. The summed E-state index contributed by atoms with van der Waals surface area (Å²) in [7, 11) is 0. The third-order valence-corrected chi connectivity index (χ3v) is 5.28. The van der Waals surface area contributed by atoms with Gasteiger partial charge in [0.05, 0.1) is 17.1 Å². The number of carbonyl (C=O) groups is 1. The van der Waals surface area contributed by atoms with Crippen LogP contribution >= 0.6 is 11.3 Å². The lowest BCUT2D eigenvalue weighted by Crippen LogP contribution is -2.26. The number of nitrogens with zero attached hydrogens (tertiary/aromatic N) is 2. The first-order valence-corrected chi connectivity index (χ1v) is 8.92. The lowest BCUT2D eigenvalue weighted by molar-refractivity contribution is -0.136. The Bertz CT molecular complexity index is 451. The lowest BCUT2D eigenvalue weighted by atomic mass is 10.2. The van der Waals surface area contributed by atoms with Gasteiger partial charge in [-0.25, -0.2) is 4.98 Å². The van der Waals surface area contributed by atoms with Crippen molar-refractivity contribution in [3.63, 3.8) is 0 Å². The minimum atomic E-state index is -0.725. The molecule has 21 heavy (non-hydrogen) atoms. The molecular formula is C16H26N2O2S. The molecule has 0 radical (unpaired) electrons. The molecule has 1 saturated heterocycles. The number of carboxylic acid groups (broad SMARTS) is 1. The van der Waals surface area contributed by atoms with E-state index in [2.05, 4.69) is 11.8 Å². The molecule has 0 atom stereocenters. The Morgan fingerprint density at radius 2 is 1.95 bits per heavy atom. The summed E-state index contributed by atoms with van der Waals surface area (Å²) in [6.07, 6.45) is 8.12. The first-order valence-electron chi connectivity index (χ1n) is 8.10. The summed E-state index contributed by atoms with van der Waals surface area (Å²) in [5.41, 5.74) is 1.10. The van der Waals surface area contributed by atoms with E-state index < -0.39 is 5.97 Å². The number of thiazole rings is 1. The second kappa shape index (κ2) is 8.49. The van der Waals surface area contributed by atoms with Crippen molar-refractivity contribution in [1.82, 2.24) is 9.88 Å². The van der Waals surface area contributed by atoms with Crippen LogP contribution in [0.5, 0.6) is 0 Å². The zero-order chi connectivity index (χ0) is 15.1. The smallest absolute Gasteiger partial charge is 0.303 e. The molecule has 118 valence electrons.